The number of nitrogens with one attached hydrogen (secondary N) is 1. The standard InChI is InChI=1S/C15H24N2O4/c1-10(2)7-14-11(8-16-21-14)15(18)17-12(9-19-3)13-5-4-6-20-13/h8,10,12-13H,4-7,9H2,1-3H3,(H,17,18). The minimum absolute atomic E-state index is 0.0160. The molecule has 1 aromatic rings. The Morgan fingerprint density at radius 3 is 3.00 bits per heavy atom. The van der Waals surface area contributed by atoms with Gasteiger partial charge in [-0.1, -0.05) is 19.0 Å². The van der Waals surface area contributed by atoms with Crippen LogP contribution in [0.15, 0.2) is 10.7 Å². The van der Waals surface area contributed by atoms with Gasteiger partial charge in [0.05, 0.1) is 24.9 Å². The molecule has 1 aliphatic rings. The average Bonchev–Trinajstić information content (AvgIpc) is 3.08. The normalized spacial score (nSPS) is 19.9. The maximum Gasteiger partial charge on any atom is 0.256 e. The van der Waals surface area contributed by atoms with E-state index in [2.05, 4.69) is 24.3 Å². The Morgan fingerprint density at radius 2 is 2.38 bits per heavy atom. The summed E-state index contributed by atoms with van der Waals surface area (Å²) in [5.41, 5.74) is 0.503. The van der Waals surface area contributed by atoms with E-state index >= 15 is 0 Å². The molecule has 2 unspecified atom stereocenters. The summed E-state index contributed by atoms with van der Waals surface area (Å²) in [6.45, 7) is 5.32. The molecule has 1 aromatic heterocycles. The Hall–Kier alpha value is -1.40. The number of aromatic nitrogens is 1. The number of rotatable bonds is 7. The molecular weight excluding hydrogens is 272 g/mol. The third kappa shape index (κ3) is 4.28. The molecule has 2 rings (SSSR count). The molecule has 0 spiro atoms. The molecule has 6 heteroatoms. The first kappa shape index (κ1) is 16.0. The van der Waals surface area contributed by atoms with Gasteiger partial charge in [0.15, 0.2) is 0 Å². The number of ether oxygens (including phenoxy) is 2. The summed E-state index contributed by atoms with van der Waals surface area (Å²) in [5, 5.41) is 6.74. The zero-order chi connectivity index (χ0) is 15.2. The molecule has 0 saturated carbocycles. The van der Waals surface area contributed by atoms with Crippen LogP contribution in [0.3, 0.4) is 0 Å². The fourth-order valence-electron chi connectivity index (χ4n) is 2.55. The van der Waals surface area contributed by atoms with Gasteiger partial charge in [-0.2, -0.15) is 0 Å². The van der Waals surface area contributed by atoms with Crippen molar-refractivity contribution in [3.8, 4) is 0 Å². The predicted molar refractivity (Wildman–Crippen MR) is 77.1 cm³/mol. The van der Waals surface area contributed by atoms with Crippen LogP contribution in [0.5, 0.6) is 0 Å². The Bertz CT molecular complexity index is 452. The van der Waals surface area contributed by atoms with Gasteiger partial charge in [0.2, 0.25) is 0 Å². The van der Waals surface area contributed by atoms with Gasteiger partial charge in [-0.3, -0.25) is 4.79 Å². The van der Waals surface area contributed by atoms with Crippen LogP contribution in [-0.2, 0) is 15.9 Å². The molecule has 118 valence electrons. The molecule has 1 amide bonds. The van der Waals surface area contributed by atoms with Gasteiger partial charge in [0, 0.05) is 20.1 Å². The number of hydrogen-bond donors (Lipinski definition) is 1. The number of methoxy groups -OCH3 is 1. The summed E-state index contributed by atoms with van der Waals surface area (Å²) in [5.74, 6) is 0.855. The van der Waals surface area contributed by atoms with Crippen LogP contribution in [0.2, 0.25) is 0 Å². The van der Waals surface area contributed by atoms with Gasteiger partial charge < -0.3 is 19.3 Å². The number of nitrogens with zero attached hydrogens (tertiary/aromatic N) is 1. The van der Waals surface area contributed by atoms with Crippen LogP contribution in [-0.4, -0.2) is 43.5 Å². The zero-order valence-corrected chi connectivity index (χ0v) is 12.9. The molecule has 0 aromatic carbocycles. The summed E-state index contributed by atoms with van der Waals surface area (Å²) in [6.07, 6.45) is 4.15. The molecule has 6 nitrogen and oxygen atoms in total. The second-order valence-corrected chi connectivity index (χ2v) is 5.85. The van der Waals surface area contributed by atoms with Crippen LogP contribution in [0.4, 0.5) is 0 Å². The quantitative estimate of drug-likeness (QED) is 0.830. The van der Waals surface area contributed by atoms with E-state index in [1.165, 1.54) is 6.20 Å². The second kappa shape index (κ2) is 7.56. The van der Waals surface area contributed by atoms with Crippen molar-refractivity contribution in [2.45, 2.75) is 45.3 Å². The number of carbonyl (C=O) groups is 1. The van der Waals surface area contributed by atoms with Gasteiger partial charge in [-0.05, 0) is 18.8 Å². The zero-order valence-electron chi connectivity index (χ0n) is 12.9. The Morgan fingerprint density at radius 1 is 1.57 bits per heavy atom. The lowest BCUT2D eigenvalue weighted by atomic mass is 10.0. The molecule has 2 heterocycles. The first-order chi connectivity index (χ1) is 10.1. The van der Waals surface area contributed by atoms with Crippen LogP contribution in [0.25, 0.3) is 0 Å². The Balaban J connectivity index is 2.02. The van der Waals surface area contributed by atoms with E-state index in [0.717, 1.165) is 19.4 Å². The maximum atomic E-state index is 12.4. The van der Waals surface area contributed by atoms with Crippen molar-refractivity contribution in [2.75, 3.05) is 20.3 Å². The Labute approximate surface area is 125 Å². The fourth-order valence-corrected chi connectivity index (χ4v) is 2.55. The van der Waals surface area contributed by atoms with Gasteiger partial charge in [-0.25, -0.2) is 0 Å². The van der Waals surface area contributed by atoms with Crippen molar-refractivity contribution in [3.63, 3.8) is 0 Å². The molecule has 0 radical (unpaired) electrons. The van der Waals surface area contributed by atoms with Crippen molar-refractivity contribution in [3.05, 3.63) is 17.5 Å². The molecule has 1 saturated heterocycles. The van der Waals surface area contributed by atoms with Crippen LogP contribution in [0, 0.1) is 5.92 Å². The van der Waals surface area contributed by atoms with E-state index in [9.17, 15) is 4.79 Å². The van der Waals surface area contributed by atoms with Crippen molar-refractivity contribution in [1.82, 2.24) is 10.5 Å². The van der Waals surface area contributed by atoms with Crippen LogP contribution >= 0.6 is 0 Å². The predicted octanol–water partition coefficient (Wildman–Crippen LogP) is 1.80. The number of amides is 1. The Kier molecular flexibility index (Phi) is 5.76. The lowest BCUT2D eigenvalue weighted by molar-refractivity contribution is 0.0403. The lowest BCUT2D eigenvalue weighted by Gasteiger charge is -2.23. The first-order valence-electron chi connectivity index (χ1n) is 7.46. The molecule has 2 atom stereocenters. The molecule has 21 heavy (non-hydrogen) atoms. The molecule has 1 aliphatic heterocycles. The molecule has 0 bridgehead atoms. The summed E-state index contributed by atoms with van der Waals surface area (Å²) in [4.78, 5) is 12.4. The summed E-state index contributed by atoms with van der Waals surface area (Å²) in [6, 6.07) is -0.146. The summed E-state index contributed by atoms with van der Waals surface area (Å²) >= 11 is 0. The third-order valence-corrected chi connectivity index (χ3v) is 3.56. The van der Waals surface area contributed by atoms with E-state index in [1.807, 2.05) is 0 Å². The van der Waals surface area contributed by atoms with Gasteiger partial charge in [0.25, 0.3) is 5.91 Å². The first-order valence-corrected chi connectivity index (χ1v) is 7.46. The van der Waals surface area contributed by atoms with E-state index in [0.29, 0.717) is 30.3 Å². The minimum Gasteiger partial charge on any atom is -0.382 e. The van der Waals surface area contributed by atoms with Crippen molar-refractivity contribution >= 4 is 5.91 Å². The number of carbonyl (C=O) groups excluding carboxylic acids is 1. The average molecular weight is 296 g/mol. The van der Waals surface area contributed by atoms with Crippen molar-refractivity contribution < 1.29 is 18.8 Å². The number of hydrogen-bond acceptors (Lipinski definition) is 5. The van der Waals surface area contributed by atoms with Crippen LogP contribution < -0.4 is 5.32 Å². The van der Waals surface area contributed by atoms with Gasteiger partial charge >= 0.3 is 0 Å². The monoisotopic (exact) mass is 296 g/mol. The highest BCUT2D eigenvalue weighted by atomic mass is 16.5. The highest BCUT2D eigenvalue weighted by Gasteiger charge is 2.29. The second-order valence-electron chi connectivity index (χ2n) is 5.85. The maximum absolute atomic E-state index is 12.4. The smallest absolute Gasteiger partial charge is 0.256 e. The molecule has 0 aliphatic carbocycles. The van der Waals surface area contributed by atoms with E-state index < -0.39 is 0 Å². The van der Waals surface area contributed by atoms with E-state index in [-0.39, 0.29) is 18.1 Å². The highest BCUT2D eigenvalue weighted by Crippen LogP contribution is 2.18. The van der Waals surface area contributed by atoms with Crippen LogP contribution in [0.1, 0.15) is 42.8 Å². The molecule has 1 N–H and O–H groups in total. The van der Waals surface area contributed by atoms with E-state index in [4.69, 9.17) is 14.0 Å². The summed E-state index contributed by atoms with van der Waals surface area (Å²) in [7, 11) is 1.62. The highest BCUT2D eigenvalue weighted by molar-refractivity contribution is 5.95. The fraction of sp³-hybridized carbons (Fsp3) is 0.733. The SMILES string of the molecule is COCC(NC(=O)c1cnoc1CC(C)C)C1CCCO1. The minimum atomic E-state index is -0.176. The van der Waals surface area contributed by atoms with Gasteiger partial charge in [0.1, 0.15) is 11.3 Å². The van der Waals surface area contributed by atoms with Crippen molar-refractivity contribution in [2.24, 2.45) is 5.92 Å². The topological polar surface area (TPSA) is 73.6 Å². The largest absolute Gasteiger partial charge is 0.382 e. The lowest BCUT2D eigenvalue weighted by Crippen LogP contribution is -2.46. The summed E-state index contributed by atoms with van der Waals surface area (Å²) < 4.78 is 16.0. The van der Waals surface area contributed by atoms with Gasteiger partial charge in [-0.15, -0.1) is 0 Å². The molecule has 1 fully saturated rings. The molecular formula is C15H24N2O4. The third-order valence-electron chi connectivity index (χ3n) is 3.56. The van der Waals surface area contributed by atoms with Crippen molar-refractivity contribution in [1.29, 1.82) is 0 Å². The van der Waals surface area contributed by atoms with E-state index in [1.54, 1.807) is 7.11 Å².